The van der Waals surface area contributed by atoms with Crippen molar-refractivity contribution in [2.45, 2.75) is 27.2 Å². The molecule has 1 aromatic heterocycles. The number of nitriles is 1. The van der Waals surface area contributed by atoms with Crippen LogP contribution in [0.5, 0.6) is 5.88 Å². The van der Waals surface area contributed by atoms with Crippen molar-refractivity contribution in [1.82, 2.24) is 4.98 Å². The van der Waals surface area contributed by atoms with Crippen LogP contribution in [0.25, 0.3) is 0 Å². The molecule has 1 aromatic rings. The van der Waals surface area contributed by atoms with Crippen molar-refractivity contribution in [3.05, 3.63) is 23.4 Å². The lowest BCUT2D eigenvalue weighted by molar-refractivity contribution is 0.279. The number of hydrogen-bond acceptors (Lipinski definition) is 3. The Bertz CT molecular complexity index is 366. The Hall–Kier alpha value is -1.56. The van der Waals surface area contributed by atoms with Crippen LogP contribution >= 0.6 is 0 Å². The molecule has 3 nitrogen and oxygen atoms in total. The van der Waals surface area contributed by atoms with E-state index in [4.69, 9.17) is 10.00 Å². The van der Waals surface area contributed by atoms with Gasteiger partial charge in [0.1, 0.15) is 0 Å². The fraction of sp³-hybridized carbons (Fsp3) is 0.500. The van der Waals surface area contributed by atoms with Crippen molar-refractivity contribution in [2.75, 3.05) is 6.61 Å². The summed E-state index contributed by atoms with van der Waals surface area (Å²) in [7, 11) is 0. The first kappa shape index (κ1) is 11.5. The monoisotopic (exact) mass is 204 g/mol. The van der Waals surface area contributed by atoms with Crippen molar-refractivity contribution < 1.29 is 4.74 Å². The minimum absolute atomic E-state index is 0.548. The van der Waals surface area contributed by atoms with Gasteiger partial charge in [-0.3, -0.25) is 0 Å². The summed E-state index contributed by atoms with van der Waals surface area (Å²) >= 11 is 0. The van der Waals surface area contributed by atoms with E-state index in [9.17, 15) is 0 Å². The zero-order chi connectivity index (χ0) is 11.3. The Kier molecular flexibility index (Phi) is 4.11. The minimum atomic E-state index is 0.548. The molecule has 15 heavy (non-hydrogen) atoms. The highest BCUT2D eigenvalue weighted by Crippen LogP contribution is 2.12. The third-order valence-electron chi connectivity index (χ3n) is 2.00. The normalized spacial score (nSPS) is 10.1. The molecule has 80 valence electrons. The molecule has 0 aliphatic carbocycles. The fourth-order valence-corrected chi connectivity index (χ4v) is 1.18. The molecule has 0 aliphatic heterocycles. The number of nitrogens with zero attached hydrogens (tertiary/aromatic N) is 2. The van der Waals surface area contributed by atoms with Crippen LogP contribution in [-0.2, 0) is 0 Å². The molecule has 0 radical (unpaired) electrons. The maximum atomic E-state index is 8.77. The van der Waals surface area contributed by atoms with E-state index in [1.807, 2.05) is 6.92 Å². The summed E-state index contributed by atoms with van der Waals surface area (Å²) in [5.41, 5.74) is 1.41. The van der Waals surface area contributed by atoms with Gasteiger partial charge in [-0.05, 0) is 25.3 Å². The van der Waals surface area contributed by atoms with Gasteiger partial charge < -0.3 is 4.74 Å². The number of ether oxygens (including phenoxy) is 1. The summed E-state index contributed by atoms with van der Waals surface area (Å²) in [5.74, 6) is 1.16. The van der Waals surface area contributed by atoms with Gasteiger partial charge >= 0.3 is 0 Å². The highest BCUT2D eigenvalue weighted by atomic mass is 16.5. The highest BCUT2D eigenvalue weighted by Gasteiger charge is 2.01. The van der Waals surface area contributed by atoms with Crippen molar-refractivity contribution >= 4 is 0 Å². The summed E-state index contributed by atoms with van der Waals surface area (Å²) in [6.45, 7) is 6.80. The Labute approximate surface area is 90.7 Å². The van der Waals surface area contributed by atoms with Crippen molar-refractivity contribution in [3.63, 3.8) is 0 Å². The van der Waals surface area contributed by atoms with Gasteiger partial charge in [0.05, 0.1) is 18.2 Å². The molecule has 0 aliphatic rings. The molecular weight excluding hydrogens is 188 g/mol. The molecule has 0 unspecified atom stereocenters. The van der Waals surface area contributed by atoms with Gasteiger partial charge in [-0.15, -0.1) is 0 Å². The van der Waals surface area contributed by atoms with Crippen LogP contribution in [0.2, 0.25) is 0 Å². The highest BCUT2D eigenvalue weighted by molar-refractivity contribution is 5.33. The van der Waals surface area contributed by atoms with Crippen LogP contribution < -0.4 is 4.74 Å². The van der Waals surface area contributed by atoms with Crippen molar-refractivity contribution in [2.24, 2.45) is 5.92 Å². The molecule has 0 saturated carbocycles. The second kappa shape index (κ2) is 5.35. The summed E-state index contributed by atoms with van der Waals surface area (Å²) in [6, 6.07) is 5.51. The number of aromatic nitrogens is 1. The number of hydrogen-bond donors (Lipinski definition) is 0. The molecule has 3 heteroatoms. The van der Waals surface area contributed by atoms with E-state index in [2.05, 4.69) is 24.9 Å². The van der Waals surface area contributed by atoms with Crippen LogP contribution in [-0.4, -0.2) is 11.6 Å². The first-order chi connectivity index (χ1) is 7.11. The molecule has 0 fully saturated rings. The molecule has 0 bridgehead atoms. The summed E-state index contributed by atoms with van der Waals surface area (Å²) in [5, 5.41) is 8.77. The lowest BCUT2D eigenvalue weighted by Gasteiger charge is -2.07. The van der Waals surface area contributed by atoms with Crippen LogP contribution in [0.4, 0.5) is 0 Å². The summed E-state index contributed by atoms with van der Waals surface area (Å²) < 4.78 is 5.48. The number of aryl methyl sites for hydroxylation is 1. The topological polar surface area (TPSA) is 45.9 Å². The quantitative estimate of drug-likeness (QED) is 0.757. The predicted octanol–water partition coefficient (Wildman–Crippen LogP) is 2.69. The molecule has 0 aromatic carbocycles. The predicted molar refractivity (Wildman–Crippen MR) is 58.6 cm³/mol. The van der Waals surface area contributed by atoms with Crippen LogP contribution in [0, 0.1) is 24.2 Å². The second-order valence-electron chi connectivity index (χ2n) is 3.98. The molecule has 0 amide bonds. The minimum Gasteiger partial charge on any atom is -0.478 e. The van der Waals surface area contributed by atoms with Gasteiger partial charge in [0.2, 0.25) is 5.88 Å². The van der Waals surface area contributed by atoms with E-state index < -0.39 is 0 Å². The lowest BCUT2D eigenvalue weighted by atomic mass is 10.1. The molecular formula is C12H16N2O. The molecule has 0 atom stereocenters. The zero-order valence-electron chi connectivity index (χ0n) is 9.45. The molecule has 0 N–H and O–H groups in total. The maximum Gasteiger partial charge on any atom is 0.214 e. The van der Waals surface area contributed by atoms with Gasteiger partial charge in [0.15, 0.2) is 0 Å². The smallest absolute Gasteiger partial charge is 0.214 e. The Balaban J connectivity index is 2.61. The molecule has 1 rings (SSSR count). The van der Waals surface area contributed by atoms with Crippen LogP contribution in [0.3, 0.4) is 0 Å². The van der Waals surface area contributed by atoms with E-state index in [-0.39, 0.29) is 0 Å². The zero-order valence-corrected chi connectivity index (χ0v) is 9.45. The van der Waals surface area contributed by atoms with E-state index in [0.717, 1.165) is 12.1 Å². The standard InChI is InChI=1S/C12H16N2O/c1-9(2)4-5-15-12-7-11(8-13)6-10(3)14-12/h6-7,9H,4-5H2,1-3H3. The van der Waals surface area contributed by atoms with Crippen LogP contribution in [0.15, 0.2) is 12.1 Å². The second-order valence-corrected chi connectivity index (χ2v) is 3.98. The van der Waals surface area contributed by atoms with Crippen LogP contribution in [0.1, 0.15) is 31.5 Å². The summed E-state index contributed by atoms with van der Waals surface area (Å²) in [4.78, 5) is 4.21. The van der Waals surface area contributed by atoms with Crippen molar-refractivity contribution in [1.29, 1.82) is 5.26 Å². The van der Waals surface area contributed by atoms with E-state index in [1.165, 1.54) is 0 Å². The SMILES string of the molecule is Cc1cc(C#N)cc(OCCC(C)C)n1. The Morgan fingerprint density at radius 2 is 2.20 bits per heavy atom. The average molecular weight is 204 g/mol. The largest absolute Gasteiger partial charge is 0.478 e. The summed E-state index contributed by atoms with van der Waals surface area (Å²) in [6.07, 6.45) is 0.998. The Morgan fingerprint density at radius 3 is 2.80 bits per heavy atom. The first-order valence-corrected chi connectivity index (χ1v) is 5.13. The molecule has 0 spiro atoms. The third-order valence-corrected chi connectivity index (χ3v) is 2.00. The van der Waals surface area contributed by atoms with E-state index >= 15 is 0 Å². The van der Waals surface area contributed by atoms with Crippen molar-refractivity contribution in [3.8, 4) is 11.9 Å². The lowest BCUT2D eigenvalue weighted by Crippen LogP contribution is -2.03. The van der Waals surface area contributed by atoms with E-state index in [0.29, 0.717) is 24.0 Å². The fourth-order valence-electron chi connectivity index (χ4n) is 1.18. The van der Waals surface area contributed by atoms with E-state index in [1.54, 1.807) is 12.1 Å². The number of pyridine rings is 1. The van der Waals surface area contributed by atoms with Gasteiger partial charge in [0.25, 0.3) is 0 Å². The molecule has 0 saturated heterocycles. The van der Waals surface area contributed by atoms with Gasteiger partial charge in [0, 0.05) is 11.8 Å². The van der Waals surface area contributed by atoms with Gasteiger partial charge in [-0.1, -0.05) is 13.8 Å². The first-order valence-electron chi connectivity index (χ1n) is 5.13. The maximum absolute atomic E-state index is 8.77. The number of rotatable bonds is 4. The van der Waals surface area contributed by atoms with Gasteiger partial charge in [-0.25, -0.2) is 4.98 Å². The Morgan fingerprint density at radius 1 is 1.47 bits per heavy atom. The third kappa shape index (κ3) is 3.99. The average Bonchev–Trinajstić information content (AvgIpc) is 2.16. The molecule has 1 heterocycles. The van der Waals surface area contributed by atoms with Gasteiger partial charge in [-0.2, -0.15) is 5.26 Å².